The number of hydrogen-bond donors (Lipinski definition) is 2. The third-order valence-electron chi connectivity index (χ3n) is 3.28. The van der Waals surface area contributed by atoms with Gasteiger partial charge in [0.15, 0.2) is 0 Å². The molecule has 0 aliphatic heterocycles. The van der Waals surface area contributed by atoms with E-state index in [1.165, 1.54) is 18.2 Å². The van der Waals surface area contributed by atoms with Crippen molar-refractivity contribution in [2.75, 3.05) is 6.54 Å². The van der Waals surface area contributed by atoms with Crippen LogP contribution in [0.5, 0.6) is 0 Å². The molecule has 0 aromatic heterocycles. The highest BCUT2D eigenvalue weighted by Gasteiger charge is 2.26. The van der Waals surface area contributed by atoms with Gasteiger partial charge in [0.2, 0.25) is 10.0 Å². The second kappa shape index (κ2) is 5.98. The molecule has 1 rings (SSSR count). The Balaban J connectivity index is 2.93. The van der Waals surface area contributed by atoms with Gasteiger partial charge in [0.25, 0.3) is 0 Å². The summed E-state index contributed by atoms with van der Waals surface area (Å²) >= 11 is 0. The summed E-state index contributed by atoms with van der Waals surface area (Å²) < 4.78 is 39.9. The summed E-state index contributed by atoms with van der Waals surface area (Å²) in [5, 5.41) is 10.0. The topological polar surface area (TPSA) is 66.4 Å². The van der Waals surface area contributed by atoms with Gasteiger partial charge in [-0.2, -0.15) is 0 Å². The van der Waals surface area contributed by atoms with Crippen molar-refractivity contribution in [3.8, 4) is 0 Å². The zero-order valence-corrected chi connectivity index (χ0v) is 12.2. The van der Waals surface area contributed by atoms with Gasteiger partial charge in [-0.1, -0.05) is 19.9 Å². The molecule has 4 nitrogen and oxygen atoms in total. The molecule has 0 atom stereocenters. The van der Waals surface area contributed by atoms with Crippen molar-refractivity contribution in [1.82, 2.24) is 4.72 Å². The largest absolute Gasteiger partial charge is 0.389 e. The SMILES string of the molecule is CCC(O)(CC)CNS(=O)(=O)c1ccc(C)cc1F. The highest BCUT2D eigenvalue weighted by Crippen LogP contribution is 2.18. The van der Waals surface area contributed by atoms with E-state index < -0.39 is 26.3 Å². The van der Waals surface area contributed by atoms with Gasteiger partial charge in [0.05, 0.1) is 5.60 Å². The average Bonchev–Trinajstić information content (AvgIpc) is 2.35. The normalized spacial score (nSPS) is 12.7. The van der Waals surface area contributed by atoms with Crippen LogP contribution in [-0.4, -0.2) is 25.7 Å². The van der Waals surface area contributed by atoms with Crippen LogP contribution < -0.4 is 4.72 Å². The first-order valence-electron chi connectivity index (χ1n) is 6.22. The first kappa shape index (κ1) is 16.1. The smallest absolute Gasteiger partial charge is 0.243 e. The molecule has 0 saturated carbocycles. The van der Waals surface area contributed by atoms with Gasteiger partial charge in [-0.3, -0.25) is 0 Å². The number of hydrogen-bond acceptors (Lipinski definition) is 3. The highest BCUT2D eigenvalue weighted by molar-refractivity contribution is 7.89. The molecule has 1 aromatic rings. The fraction of sp³-hybridized carbons (Fsp3) is 0.538. The van der Waals surface area contributed by atoms with Crippen molar-refractivity contribution in [3.63, 3.8) is 0 Å². The lowest BCUT2D eigenvalue weighted by atomic mass is 9.98. The standard InChI is InChI=1S/C13H20FNO3S/c1-4-13(16,5-2)9-15-19(17,18)12-7-6-10(3)8-11(12)14/h6-8,15-16H,4-5,9H2,1-3H3. The number of benzene rings is 1. The molecule has 6 heteroatoms. The summed E-state index contributed by atoms with van der Waals surface area (Å²) in [4.78, 5) is -0.396. The van der Waals surface area contributed by atoms with Crippen LogP contribution in [-0.2, 0) is 10.0 Å². The molecule has 0 fully saturated rings. The second-order valence-corrected chi connectivity index (χ2v) is 6.43. The molecule has 0 unspecified atom stereocenters. The molecule has 0 saturated heterocycles. The Labute approximate surface area is 113 Å². The zero-order chi connectivity index (χ0) is 14.7. The Morgan fingerprint density at radius 3 is 2.37 bits per heavy atom. The van der Waals surface area contributed by atoms with Crippen LogP contribution in [0, 0.1) is 12.7 Å². The van der Waals surface area contributed by atoms with Crippen molar-refractivity contribution < 1.29 is 17.9 Å². The summed E-state index contributed by atoms with van der Waals surface area (Å²) in [7, 11) is -3.95. The summed E-state index contributed by atoms with van der Waals surface area (Å²) in [6, 6.07) is 3.92. The maximum Gasteiger partial charge on any atom is 0.243 e. The molecule has 0 aliphatic rings. The molecule has 0 radical (unpaired) electrons. The van der Waals surface area contributed by atoms with Crippen molar-refractivity contribution in [2.45, 2.75) is 44.1 Å². The minimum Gasteiger partial charge on any atom is -0.389 e. The van der Waals surface area contributed by atoms with E-state index in [1.54, 1.807) is 20.8 Å². The number of aliphatic hydroxyl groups is 1. The van der Waals surface area contributed by atoms with E-state index in [0.717, 1.165) is 0 Å². The molecule has 0 spiro atoms. The Morgan fingerprint density at radius 2 is 1.89 bits per heavy atom. The van der Waals surface area contributed by atoms with Gasteiger partial charge in [-0.05, 0) is 37.5 Å². The first-order valence-corrected chi connectivity index (χ1v) is 7.70. The third kappa shape index (κ3) is 3.99. The fourth-order valence-electron chi connectivity index (χ4n) is 1.63. The molecule has 1 aromatic carbocycles. The molecule has 2 N–H and O–H groups in total. The van der Waals surface area contributed by atoms with Gasteiger partial charge in [0, 0.05) is 6.54 Å². The number of rotatable bonds is 6. The Kier molecular flexibility index (Phi) is 5.06. The minimum absolute atomic E-state index is 0.129. The van der Waals surface area contributed by atoms with Crippen LogP contribution in [0.1, 0.15) is 32.3 Å². The van der Waals surface area contributed by atoms with Crippen LogP contribution in [0.3, 0.4) is 0 Å². The molecule has 0 aliphatic carbocycles. The van der Waals surface area contributed by atoms with Crippen molar-refractivity contribution >= 4 is 10.0 Å². The van der Waals surface area contributed by atoms with Crippen LogP contribution in [0.15, 0.2) is 23.1 Å². The van der Waals surface area contributed by atoms with Crippen molar-refractivity contribution in [1.29, 1.82) is 0 Å². The summed E-state index contributed by atoms with van der Waals surface area (Å²) in [5.41, 5.74) is -0.455. The van der Waals surface area contributed by atoms with E-state index in [1.807, 2.05) is 0 Å². The van der Waals surface area contributed by atoms with E-state index in [9.17, 15) is 17.9 Å². The third-order valence-corrected chi connectivity index (χ3v) is 4.72. The maximum atomic E-state index is 13.6. The van der Waals surface area contributed by atoms with E-state index in [0.29, 0.717) is 18.4 Å². The van der Waals surface area contributed by atoms with Crippen LogP contribution in [0.2, 0.25) is 0 Å². The lowest BCUT2D eigenvalue weighted by Crippen LogP contribution is -2.42. The van der Waals surface area contributed by atoms with Crippen molar-refractivity contribution in [2.24, 2.45) is 0 Å². The van der Waals surface area contributed by atoms with Gasteiger partial charge < -0.3 is 5.11 Å². The lowest BCUT2D eigenvalue weighted by Gasteiger charge is -2.25. The quantitative estimate of drug-likeness (QED) is 0.841. The predicted octanol–water partition coefficient (Wildman–Crippen LogP) is 1.96. The van der Waals surface area contributed by atoms with E-state index in [-0.39, 0.29) is 6.54 Å². The fourth-order valence-corrected chi connectivity index (χ4v) is 2.81. The second-order valence-electron chi connectivity index (χ2n) is 4.69. The molecule has 0 amide bonds. The van der Waals surface area contributed by atoms with Crippen LogP contribution in [0.4, 0.5) is 4.39 Å². The molecule has 0 heterocycles. The van der Waals surface area contributed by atoms with Crippen molar-refractivity contribution in [3.05, 3.63) is 29.6 Å². The van der Waals surface area contributed by atoms with Gasteiger partial charge in [0.1, 0.15) is 10.7 Å². The molecule has 108 valence electrons. The maximum absolute atomic E-state index is 13.6. The molecule has 19 heavy (non-hydrogen) atoms. The predicted molar refractivity (Wildman–Crippen MR) is 71.9 cm³/mol. The minimum atomic E-state index is -3.95. The summed E-state index contributed by atoms with van der Waals surface area (Å²) in [6.07, 6.45) is 0.838. The van der Waals surface area contributed by atoms with E-state index in [2.05, 4.69) is 4.72 Å². The highest BCUT2D eigenvalue weighted by atomic mass is 32.2. The average molecular weight is 289 g/mol. The lowest BCUT2D eigenvalue weighted by molar-refractivity contribution is 0.0377. The number of aryl methyl sites for hydroxylation is 1. The first-order chi connectivity index (χ1) is 8.74. The molecular formula is C13H20FNO3S. The van der Waals surface area contributed by atoms with Crippen LogP contribution >= 0.6 is 0 Å². The number of nitrogens with one attached hydrogen (secondary N) is 1. The Hall–Kier alpha value is -0.980. The monoisotopic (exact) mass is 289 g/mol. The Morgan fingerprint density at radius 1 is 1.32 bits per heavy atom. The van der Waals surface area contributed by atoms with Crippen LogP contribution in [0.25, 0.3) is 0 Å². The van der Waals surface area contributed by atoms with Gasteiger partial charge >= 0.3 is 0 Å². The Bertz CT molecular complexity index is 539. The van der Waals surface area contributed by atoms with Gasteiger partial charge in [-0.15, -0.1) is 0 Å². The number of sulfonamides is 1. The molecule has 0 bridgehead atoms. The van der Waals surface area contributed by atoms with E-state index >= 15 is 0 Å². The molecular weight excluding hydrogens is 269 g/mol. The zero-order valence-electron chi connectivity index (χ0n) is 11.4. The number of halogens is 1. The van der Waals surface area contributed by atoms with Gasteiger partial charge in [-0.25, -0.2) is 17.5 Å². The van der Waals surface area contributed by atoms with E-state index in [4.69, 9.17) is 0 Å². The summed E-state index contributed by atoms with van der Waals surface area (Å²) in [5.74, 6) is -0.788. The summed E-state index contributed by atoms with van der Waals surface area (Å²) in [6.45, 7) is 5.09.